The summed E-state index contributed by atoms with van der Waals surface area (Å²) in [6, 6.07) is 7.93. The van der Waals surface area contributed by atoms with Gasteiger partial charge in [0, 0.05) is 0 Å². The minimum atomic E-state index is -0.344. The Labute approximate surface area is 123 Å². The van der Waals surface area contributed by atoms with E-state index >= 15 is 0 Å². The summed E-state index contributed by atoms with van der Waals surface area (Å²) in [5.74, 6) is 2.88. The fourth-order valence-corrected chi connectivity index (χ4v) is 3.35. The average Bonchev–Trinajstić information content (AvgIpc) is 2.47. The lowest BCUT2D eigenvalue weighted by Gasteiger charge is -2.33. The van der Waals surface area contributed by atoms with Gasteiger partial charge in [0.1, 0.15) is 5.75 Å². The molecule has 2 rings (SSSR count). The molecule has 20 heavy (non-hydrogen) atoms. The molecule has 0 spiro atoms. The van der Waals surface area contributed by atoms with E-state index < -0.39 is 0 Å². The molecule has 1 aromatic rings. The zero-order valence-corrected chi connectivity index (χ0v) is 13.0. The van der Waals surface area contributed by atoms with Gasteiger partial charge in [-0.2, -0.15) is 0 Å². The smallest absolute Gasteiger partial charge is 0.119 e. The van der Waals surface area contributed by atoms with Gasteiger partial charge < -0.3 is 9.84 Å². The van der Waals surface area contributed by atoms with E-state index in [1.54, 1.807) is 0 Å². The topological polar surface area (TPSA) is 29.5 Å². The molecule has 2 heteroatoms. The van der Waals surface area contributed by atoms with Gasteiger partial charge in [0.25, 0.3) is 0 Å². The van der Waals surface area contributed by atoms with Crippen molar-refractivity contribution in [2.24, 2.45) is 17.8 Å². The molecule has 1 saturated carbocycles. The molecule has 1 unspecified atom stereocenters. The standard InChI is InChI=1S/C18H28O2/c1-4-20-17-7-5-6-16(12-17)18(19)15-10-8-14(9-11-15)13(2)3/h5-7,12-15,18-19H,4,8-11H2,1-3H3. The third kappa shape index (κ3) is 3.76. The van der Waals surface area contributed by atoms with Crippen molar-refractivity contribution < 1.29 is 9.84 Å². The predicted octanol–water partition coefficient (Wildman–Crippen LogP) is 4.58. The molecule has 1 atom stereocenters. The number of aliphatic hydroxyl groups excluding tert-OH is 1. The first kappa shape index (κ1) is 15.4. The van der Waals surface area contributed by atoms with Gasteiger partial charge in [0.15, 0.2) is 0 Å². The van der Waals surface area contributed by atoms with Crippen LogP contribution in [0.2, 0.25) is 0 Å². The van der Waals surface area contributed by atoms with Gasteiger partial charge >= 0.3 is 0 Å². The summed E-state index contributed by atoms with van der Waals surface area (Å²) in [5.41, 5.74) is 1.00. The van der Waals surface area contributed by atoms with E-state index in [0.717, 1.165) is 36.0 Å². The van der Waals surface area contributed by atoms with Crippen molar-refractivity contribution in [3.63, 3.8) is 0 Å². The van der Waals surface area contributed by atoms with Gasteiger partial charge in [-0.15, -0.1) is 0 Å². The molecule has 0 saturated heterocycles. The molecular formula is C18H28O2. The zero-order chi connectivity index (χ0) is 14.5. The van der Waals surface area contributed by atoms with Crippen LogP contribution in [0.4, 0.5) is 0 Å². The normalized spacial score (nSPS) is 24.6. The Balaban J connectivity index is 1.98. The lowest BCUT2D eigenvalue weighted by atomic mass is 9.74. The van der Waals surface area contributed by atoms with E-state index in [1.165, 1.54) is 12.8 Å². The summed E-state index contributed by atoms with van der Waals surface area (Å²) >= 11 is 0. The molecule has 0 bridgehead atoms. The van der Waals surface area contributed by atoms with E-state index in [2.05, 4.69) is 13.8 Å². The number of benzene rings is 1. The summed E-state index contributed by atoms with van der Waals surface area (Å²) in [6.45, 7) is 7.27. The monoisotopic (exact) mass is 276 g/mol. The van der Waals surface area contributed by atoms with E-state index in [9.17, 15) is 5.11 Å². The number of hydrogen-bond acceptors (Lipinski definition) is 2. The molecule has 1 aliphatic carbocycles. The highest BCUT2D eigenvalue weighted by Gasteiger charge is 2.28. The van der Waals surface area contributed by atoms with Crippen LogP contribution in [0, 0.1) is 17.8 Å². The number of aliphatic hydroxyl groups is 1. The molecule has 0 heterocycles. The summed E-state index contributed by atoms with van der Waals surface area (Å²) in [6.07, 6.45) is 4.45. The minimum absolute atomic E-state index is 0.344. The summed E-state index contributed by atoms with van der Waals surface area (Å²) in [5, 5.41) is 10.6. The quantitative estimate of drug-likeness (QED) is 0.853. The van der Waals surface area contributed by atoms with Crippen LogP contribution in [0.15, 0.2) is 24.3 Å². The Morgan fingerprint density at radius 3 is 2.40 bits per heavy atom. The van der Waals surface area contributed by atoms with Gasteiger partial charge in [-0.3, -0.25) is 0 Å². The van der Waals surface area contributed by atoms with Crippen molar-refractivity contribution in [1.82, 2.24) is 0 Å². The highest BCUT2D eigenvalue weighted by atomic mass is 16.5. The SMILES string of the molecule is CCOc1cccc(C(O)C2CCC(C(C)C)CC2)c1. The van der Waals surface area contributed by atoms with E-state index in [4.69, 9.17) is 4.74 Å². The van der Waals surface area contributed by atoms with Crippen molar-refractivity contribution in [3.8, 4) is 5.75 Å². The van der Waals surface area contributed by atoms with E-state index in [1.807, 2.05) is 31.2 Å². The van der Waals surface area contributed by atoms with Gasteiger partial charge in [0.2, 0.25) is 0 Å². The third-order valence-electron chi connectivity index (χ3n) is 4.72. The van der Waals surface area contributed by atoms with Crippen molar-refractivity contribution in [2.45, 2.75) is 52.6 Å². The lowest BCUT2D eigenvalue weighted by Crippen LogP contribution is -2.23. The maximum absolute atomic E-state index is 10.6. The molecule has 1 fully saturated rings. The molecule has 1 N–H and O–H groups in total. The molecule has 112 valence electrons. The fraction of sp³-hybridized carbons (Fsp3) is 0.667. The first-order valence-corrected chi connectivity index (χ1v) is 8.02. The molecule has 0 aromatic heterocycles. The van der Waals surface area contributed by atoms with Crippen LogP contribution in [0.1, 0.15) is 58.1 Å². The Morgan fingerprint density at radius 2 is 1.80 bits per heavy atom. The Kier molecular flexibility index (Phi) is 5.47. The number of rotatable bonds is 5. The second kappa shape index (κ2) is 7.12. The molecule has 0 aliphatic heterocycles. The minimum Gasteiger partial charge on any atom is -0.494 e. The van der Waals surface area contributed by atoms with Crippen molar-refractivity contribution in [1.29, 1.82) is 0 Å². The Morgan fingerprint density at radius 1 is 1.15 bits per heavy atom. The van der Waals surface area contributed by atoms with Crippen molar-refractivity contribution in [2.75, 3.05) is 6.61 Å². The van der Waals surface area contributed by atoms with Crippen LogP contribution in [-0.4, -0.2) is 11.7 Å². The highest BCUT2D eigenvalue weighted by Crippen LogP contribution is 2.39. The second-order valence-corrected chi connectivity index (χ2v) is 6.37. The Bertz CT molecular complexity index is 406. The second-order valence-electron chi connectivity index (χ2n) is 6.37. The molecule has 1 aliphatic rings. The highest BCUT2D eigenvalue weighted by molar-refractivity contribution is 5.30. The van der Waals surface area contributed by atoms with E-state index in [0.29, 0.717) is 12.5 Å². The van der Waals surface area contributed by atoms with Crippen LogP contribution >= 0.6 is 0 Å². The van der Waals surface area contributed by atoms with Crippen LogP contribution < -0.4 is 4.74 Å². The van der Waals surface area contributed by atoms with Gasteiger partial charge in [0.05, 0.1) is 12.7 Å². The summed E-state index contributed by atoms with van der Waals surface area (Å²) in [4.78, 5) is 0. The zero-order valence-electron chi connectivity index (χ0n) is 13.0. The maximum atomic E-state index is 10.6. The molecule has 0 radical (unpaired) electrons. The van der Waals surface area contributed by atoms with Crippen LogP contribution in [-0.2, 0) is 0 Å². The molecular weight excluding hydrogens is 248 g/mol. The maximum Gasteiger partial charge on any atom is 0.119 e. The predicted molar refractivity (Wildman–Crippen MR) is 82.9 cm³/mol. The van der Waals surface area contributed by atoms with Crippen LogP contribution in [0.25, 0.3) is 0 Å². The molecule has 0 amide bonds. The lowest BCUT2D eigenvalue weighted by molar-refractivity contribution is 0.0666. The first-order valence-electron chi connectivity index (χ1n) is 8.02. The summed E-state index contributed by atoms with van der Waals surface area (Å²) in [7, 11) is 0. The fourth-order valence-electron chi connectivity index (χ4n) is 3.35. The average molecular weight is 276 g/mol. The largest absolute Gasteiger partial charge is 0.494 e. The van der Waals surface area contributed by atoms with Crippen molar-refractivity contribution in [3.05, 3.63) is 29.8 Å². The van der Waals surface area contributed by atoms with Gasteiger partial charge in [-0.1, -0.05) is 26.0 Å². The number of ether oxygens (including phenoxy) is 1. The first-order chi connectivity index (χ1) is 9.61. The van der Waals surface area contributed by atoms with Crippen LogP contribution in [0.3, 0.4) is 0 Å². The molecule has 1 aromatic carbocycles. The Hall–Kier alpha value is -1.02. The van der Waals surface area contributed by atoms with Crippen molar-refractivity contribution >= 4 is 0 Å². The number of hydrogen-bond donors (Lipinski definition) is 1. The van der Waals surface area contributed by atoms with Crippen LogP contribution in [0.5, 0.6) is 5.75 Å². The van der Waals surface area contributed by atoms with Gasteiger partial charge in [-0.05, 0) is 68.1 Å². The summed E-state index contributed by atoms with van der Waals surface area (Å²) < 4.78 is 5.52. The third-order valence-corrected chi connectivity index (χ3v) is 4.72. The van der Waals surface area contributed by atoms with E-state index in [-0.39, 0.29) is 6.10 Å². The molecule has 2 nitrogen and oxygen atoms in total. The van der Waals surface area contributed by atoms with Gasteiger partial charge in [-0.25, -0.2) is 0 Å².